The van der Waals surface area contributed by atoms with E-state index in [9.17, 15) is 9.59 Å². The van der Waals surface area contributed by atoms with Gasteiger partial charge < -0.3 is 5.32 Å². The topological polar surface area (TPSA) is 64.0 Å². The summed E-state index contributed by atoms with van der Waals surface area (Å²) >= 11 is 5.89. The maximum atomic E-state index is 12.5. The molecule has 28 heavy (non-hydrogen) atoms. The van der Waals surface area contributed by atoms with Crippen molar-refractivity contribution < 1.29 is 4.79 Å². The van der Waals surface area contributed by atoms with Crippen molar-refractivity contribution >= 4 is 34.0 Å². The maximum absolute atomic E-state index is 12.5. The summed E-state index contributed by atoms with van der Waals surface area (Å²) in [5.74, 6) is -0.292. The fourth-order valence-corrected chi connectivity index (χ4v) is 3.13. The molecule has 0 radical (unpaired) electrons. The summed E-state index contributed by atoms with van der Waals surface area (Å²) in [6.45, 7) is -0.115. The molecule has 4 aromatic rings. The van der Waals surface area contributed by atoms with E-state index in [1.54, 1.807) is 24.3 Å². The quantitative estimate of drug-likeness (QED) is 0.564. The second-order valence-electron chi connectivity index (χ2n) is 6.32. The van der Waals surface area contributed by atoms with Gasteiger partial charge in [0.15, 0.2) is 0 Å². The molecule has 0 saturated carbocycles. The Hall–Kier alpha value is -3.44. The van der Waals surface area contributed by atoms with Crippen LogP contribution in [0.15, 0.2) is 83.9 Å². The Balaban J connectivity index is 1.53. The number of carbonyl (C=O) groups excluding carboxylic acids is 1. The standard InChI is InChI=1S/C22H16ClN3O2/c23-17-10-8-16(9-11-17)20-12-22(28)26(14-24-20)13-21(27)25-19-7-3-5-15-4-1-2-6-18(15)19/h1-12,14H,13H2,(H,25,27). The Morgan fingerprint density at radius 2 is 1.75 bits per heavy atom. The molecule has 3 aromatic carbocycles. The van der Waals surface area contributed by atoms with Gasteiger partial charge in [0.25, 0.3) is 5.56 Å². The van der Waals surface area contributed by atoms with E-state index in [1.165, 1.54) is 17.0 Å². The van der Waals surface area contributed by atoms with E-state index in [0.717, 1.165) is 16.3 Å². The number of aromatic nitrogens is 2. The summed E-state index contributed by atoms with van der Waals surface area (Å²) < 4.78 is 1.28. The highest BCUT2D eigenvalue weighted by molar-refractivity contribution is 6.30. The van der Waals surface area contributed by atoms with Crippen LogP contribution in [0.4, 0.5) is 5.69 Å². The molecule has 0 aliphatic carbocycles. The Bertz CT molecular complexity index is 1210. The van der Waals surface area contributed by atoms with Crippen molar-refractivity contribution in [1.82, 2.24) is 9.55 Å². The zero-order valence-electron chi connectivity index (χ0n) is 14.8. The lowest BCUT2D eigenvalue weighted by Gasteiger charge is -2.10. The van der Waals surface area contributed by atoms with Crippen molar-refractivity contribution in [2.75, 3.05) is 5.32 Å². The summed E-state index contributed by atoms with van der Waals surface area (Å²) in [5.41, 5.74) is 1.73. The van der Waals surface area contributed by atoms with Gasteiger partial charge in [-0.25, -0.2) is 4.98 Å². The van der Waals surface area contributed by atoms with Gasteiger partial charge in [0.05, 0.1) is 12.0 Å². The second kappa shape index (κ2) is 7.66. The molecular formula is C22H16ClN3O2. The molecule has 1 heterocycles. The number of nitrogens with one attached hydrogen (secondary N) is 1. The molecule has 138 valence electrons. The number of fused-ring (bicyclic) bond motifs is 1. The number of rotatable bonds is 4. The fourth-order valence-electron chi connectivity index (χ4n) is 3.00. The summed E-state index contributed by atoms with van der Waals surface area (Å²) in [5, 5.41) is 5.47. The maximum Gasteiger partial charge on any atom is 0.254 e. The molecule has 0 fully saturated rings. The van der Waals surface area contributed by atoms with E-state index < -0.39 is 0 Å². The molecule has 0 saturated heterocycles. The van der Waals surface area contributed by atoms with Crippen molar-refractivity contribution in [2.45, 2.75) is 6.54 Å². The van der Waals surface area contributed by atoms with E-state index in [0.29, 0.717) is 16.4 Å². The number of hydrogen-bond acceptors (Lipinski definition) is 3. The Labute approximate surface area is 166 Å². The number of halogens is 1. The number of hydrogen-bond donors (Lipinski definition) is 1. The highest BCUT2D eigenvalue weighted by Crippen LogP contribution is 2.23. The van der Waals surface area contributed by atoms with Crippen LogP contribution in [-0.2, 0) is 11.3 Å². The minimum absolute atomic E-state index is 0.115. The van der Waals surface area contributed by atoms with Crippen molar-refractivity contribution in [3.05, 3.63) is 94.5 Å². The Morgan fingerprint density at radius 3 is 2.54 bits per heavy atom. The third-order valence-corrected chi connectivity index (χ3v) is 4.65. The summed E-state index contributed by atoms with van der Waals surface area (Å²) in [6, 6.07) is 22.0. The highest BCUT2D eigenvalue weighted by Gasteiger charge is 2.09. The van der Waals surface area contributed by atoms with E-state index in [4.69, 9.17) is 11.6 Å². The lowest BCUT2D eigenvalue weighted by Crippen LogP contribution is -2.27. The predicted octanol–water partition coefficient (Wildman–Crippen LogP) is 4.36. The van der Waals surface area contributed by atoms with Gasteiger partial charge in [-0.1, -0.05) is 60.1 Å². The Morgan fingerprint density at radius 1 is 1.00 bits per heavy atom. The van der Waals surface area contributed by atoms with Crippen molar-refractivity contribution in [2.24, 2.45) is 0 Å². The molecule has 0 atom stereocenters. The fraction of sp³-hybridized carbons (Fsp3) is 0.0455. The third-order valence-electron chi connectivity index (χ3n) is 4.40. The van der Waals surface area contributed by atoms with Gasteiger partial charge in [0.1, 0.15) is 6.54 Å². The largest absolute Gasteiger partial charge is 0.324 e. The molecular weight excluding hydrogens is 374 g/mol. The van der Waals surface area contributed by atoms with Crippen LogP contribution in [-0.4, -0.2) is 15.5 Å². The van der Waals surface area contributed by atoms with Crippen LogP contribution >= 0.6 is 11.6 Å². The van der Waals surface area contributed by atoms with Crippen LogP contribution in [0.25, 0.3) is 22.0 Å². The molecule has 6 heteroatoms. The molecule has 0 aliphatic heterocycles. The van der Waals surface area contributed by atoms with Gasteiger partial charge in [-0.05, 0) is 23.6 Å². The molecule has 4 rings (SSSR count). The first kappa shape index (κ1) is 17.9. The number of carbonyl (C=O) groups is 1. The monoisotopic (exact) mass is 389 g/mol. The van der Waals surface area contributed by atoms with Crippen LogP contribution in [0.3, 0.4) is 0 Å². The molecule has 1 aromatic heterocycles. The zero-order chi connectivity index (χ0) is 19.5. The number of nitrogens with zero attached hydrogens (tertiary/aromatic N) is 2. The average molecular weight is 390 g/mol. The minimum atomic E-state index is -0.298. The van der Waals surface area contributed by atoms with Crippen LogP contribution in [0.1, 0.15) is 0 Å². The smallest absolute Gasteiger partial charge is 0.254 e. The van der Waals surface area contributed by atoms with Gasteiger partial charge in [-0.2, -0.15) is 0 Å². The predicted molar refractivity (Wildman–Crippen MR) is 112 cm³/mol. The molecule has 0 spiro atoms. The molecule has 5 nitrogen and oxygen atoms in total. The SMILES string of the molecule is O=C(Cn1cnc(-c2ccc(Cl)cc2)cc1=O)Nc1cccc2ccccc12. The van der Waals surface area contributed by atoms with Crippen LogP contribution < -0.4 is 10.9 Å². The van der Waals surface area contributed by atoms with Crippen LogP contribution in [0.2, 0.25) is 5.02 Å². The van der Waals surface area contributed by atoms with Gasteiger partial charge >= 0.3 is 0 Å². The first-order valence-electron chi connectivity index (χ1n) is 8.70. The van der Waals surface area contributed by atoms with E-state index in [1.807, 2.05) is 42.5 Å². The zero-order valence-corrected chi connectivity index (χ0v) is 15.6. The third kappa shape index (κ3) is 3.80. The van der Waals surface area contributed by atoms with E-state index in [2.05, 4.69) is 10.3 Å². The van der Waals surface area contributed by atoms with Crippen molar-refractivity contribution in [3.63, 3.8) is 0 Å². The molecule has 0 bridgehead atoms. The number of anilines is 1. The number of benzene rings is 3. The average Bonchev–Trinajstić information content (AvgIpc) is 2.70. The highest BCUT2D eigenvalue weighted by atomic mass is 35.5. The normalized spacial score (nSPS) is 10.8. The van der Waals surface area contributed by atoms with Gasteiger partial charge in [0, 0.05) is 27.7 Å². The molecule has 1 N–H and O–H groups in total. The Kier molecular flexibility index (Phi) is 4.91. The van der Waals surface area contributed by atoms with Crippen LogP contribution in [0, 0.1) is 0 Å². The number of amides is 1. The first-order valence-corrected chi connectivity index (χ1v) is 9.08. The van der Waals surface area contributed by atoms with Gasteiger partial charge in [0.2, 0.25) is 5.91 Å². The van der Waals surface area contributed by atoms with Gasteiger partial charge in [-0.3, -0.25) is 14.2 Å². The minimum Gasteiger partial charge on any atom is -0.324 e. The second-order valence-corrected chi connectivity index (χ2v) is 6.76. The molecule has 1 amide bonds. The summed E-state index contributed by atoms with van der Waals surface area (Å²) in [7, 11) is 0. The first-order chi connectivity index (χ1) is 13.6. The summed E-state index contributed by atoms with van der Waals surface area (Å²) in [6.07, 6.45) is 1.38. The van der Waals surface area contributed by atoms with E-state index in [-0.39, 0.29) is 18.0 Å². The van der Waals surface area contributed by atoms with Crippen LogP contribution in [0.5, 0.6) is 0 Å². The van der Waals surface area contributed by atoms with Crippen molar-refractivity contribution in [1.29, 1.82) is 0 Å². The lowest BCUT2D eigenvalue weighted by atomic mass is 10.1. The van der Waals surface area contributed by atoms with Crippen molar-refractivity contribution in [3.8, 4) is 11.3 Å². The summed E-state index contributed by atoms with van der Waals surface area (Å²) in [4.78, 5) is 29.1. The lowest BCUT2D eigenvalue weighted by molar-refractivity contribution is -0.116. The molecule has 0 aliphatic rings. The van der Waals surface area contributed by atoms with E-state index >= 15 is 0 Å². The van der Waals surface area contributed by atoms with Gasteiger partial charge in [-0.15, -0.1) is 0 Å². The molecule has 0 unspecified atom stereocenters.